The minimum absolute atomic E-state index is 1.21. The van der Waals surface area contributed by atoms with Crippen molar-refractivity contribution >= 4 is 0 Å². The average Bonchev–Trinajstić information content (AvgIpc) is 2.15. The van der Waals surface area contributed by atoms with Gasteiger partial charge in [0, 0.05) is 0 Å². The molecule has 0 saturated heterocycles. The van der Waals surface area contributed by atoms with Gasteiger partial charge in [-0.3, -0.25) is 0 Å². The van der Waals surface area contributed by atoms with Crippen molar-refractivity contribution in [2.24, 2.45) is 0 Å². The third-order valence-corrected chi connectivity index (χ3v) is 2.11. The van der Waals surface area contributed by atoms with Crippen LogP contribution in [0.2, 0.25) is 0 Å². The second-order valence-electron chi connectivity index (χ2n) is 3.17. The van der Waals surface area contributed by atoms with Gasteiger partial charge < -0.3 is 0 Å². The SMILES string of the molecule is CC.CCCc1ccc(C)c(C)c1. The summed E-state index contributed by atoms with van der Waals surface area (Å²) in [7, 11) is 0. The molecule has 74 valence electrons. The first-order chi connectivity index (χ1) is 6.24. The van der Waals surface area contributed by atoms with E-state index in [1.807, 2.05) is 13.8 Å². The third kappa shape index (κ3) is 4.12. The molecule has 0 aliphatic carbocycles. The highest BCUT2D eigenvalue weighted by molar-refractivity contribution is 5.29. The highest BCUT2D eigenvalue weighted by Gasteiger charge is 1.93. The van der Waals surface area contributed by atoms with Crippen molar-refractivity contribution in [2.45, 2.75) is 47.5 Å². The van der Waals surface area contributed by atoms with Crippen LogP contribution in [0, 0.1) is 13.8 Å². The summed E-state index contributed by atoms with van der Waals surface area (Å²) in [5, 5.41) is 0. The van der Waals surface area contributed by atoms with E-state index in [0.29, 0.717) is 0 Å². The molecule has 0 unspecified atom stereocenters. The first-order valence-corrected chi connectivity index (χ1v) is 5.30. The molecular formula is C13H22. The fraction of sp³-hybridized carbons (Fsp3) is 0.538. The molecule has 1 aromatic rings. The van der Waals surface area contributed by atoms with E-state index in [1.165, 1.54) is 29.5 Å². The molecule has 0 atom stereocenters. The summed E-state index contributed by atoms with van der Waals surface area (Å²) in [6.07, 6.45) is 2.45. The molecule has 0 fully saturated rings. The minimum atomic E-state index is 1.21. The Bertz CT molecular complexity index is 236. The predicted molar refractivity (Wildman–Crippen MR) is 61.3 cm³/mol. The Balaban J connectivity index is 0.000000671. The van der Waals surface area contributed by atoms with Gasteiger partial charge in [-0.1, -0.05) is 45.4 Å². The highest BCUT2D eigenvalue weighted by Crippen LogP contribution is 2.10. The van der Waals surface area contributed by atoms with Crippen LogP contribution in [0.3, 0.4) is 0 Å². The van der Waals surface area contributed by atoms with E-state index in [1.54, 1.807) is 0 Å². The van der Waals surface area contributed by atoms with Gasteiger partial charge in [0.1, 0.15) is 0 Å². The average molecular weight is 178 g/mol. The van der Waals surface area contributed by atoms with Crippen LogP contribution in [0.1, 0.15) is 43.9 Å². The molecule has 0 heterocycles. The summed E-state index contributed by atoms with van der Waals surface area (Å²) in [5.41, 5.74) is 4.27. The maximum atomic E-state index is 2.29. The molecular weight excluding hydrogens is 156 g/mol. The minimum Gasteiger partial charge on any atom is -0.0683 e. The number of aryl methyl sites for hydroxylation is 3. The lowest BCUT2D eigenvalue weighted by atomic mass is 10.0. The van der Waals surface area contributed by atoms with Gasteiger partial charge in [-0.25, -0.2) is 0 Å². The molecule has 0 amide bonds. The van der Waals surface area contributed by atoms with Gasteiger partial charge in [-0.05, 0) is 37.0 Å². The zero-order valence-electron chi connectivity index (χ0n) is 9.65. The topological polar surface area (TPSA) is 0 Å². The summed E-state index contributed by atoms with van der Waals surface area (Å²) in [5.74, 6) is 0. The Labute approximate surface area is 83.0 Å². The van der Waals surface area contributed by atoms with Crippen LogP contribution < -0.4 is 0 Å². The van der Waals surface area contributed by atoms with E-state index in [0.717, 1.165) is 0 Å². The van der Waals surface area contributed by atoms with Crippen molar-refractivity contribution in [1.82, 2.24) is 0 Å². The maximum absolute atomic E-state index is 2.29. The van der Waals surface area contributed by atoms with Crippen LogP contribution in [0.5, 0.6) is 0 Å². The summed E-state index contributed by atoms with van der Waals surface area (Å²) in [4.78, 5) is 0. The van der Waals surface area contributed by atoms with E-state index in [9.17, 15) is 0 Å². The lowest BCUT2D eigenvalue weighted by Crippen LogP contribution is -1.86. The predicted octanol–water partition coefficient (Wildman–Crippen LogP) is 4.28. The Morgan fingerprint density at radius 3 is 2.08 bits per heavy atom. The van der Waals surface area contributed by atoms with Crippen molar-refractivity contribution in [3.05, 3.63) is 34.9 Å². The summed E-state index contributed by atoms with van der Waals surface area (Å²) in [6, 6.07) is 6.73. The zero-order valence-corrected chi connectivity index (χ0v) is 9.65. The molecule has 0 saturated carbocycles. The number of hydrogen-bond acceptors (Lipinski definition) is 0. The smallest absolute Gasteiger partial charge is 0.0281 e. The van der Waals surface area contributed by atoms with Crippen LogP contribution in [0.15, 0.2) is 18.2 Å². The Kier molecular flexibility index (Phi) is 6.30. The quantitative estimate of drug-likeness (QED) is 0.634. The lowest BCUT2D eigenvalue weighted by molar-refractivity contribution is 0.919. The fourth-order valence-corrected chi connectivity index (χ4v) is 1.25. The van der Waals surface area contributed by atoms with Gasteiger partial charge in [-0.15, -0.1) is 0 Å². The fourth-order valence-electron chi connectivity index (χ4n) is 1.25. The molecule has 0 aliphatic heterocycles. The van der Waals surface area contributed by atoms with Crippen molar-refractivity contribution in [2.75, 3.05) is 0 Å². The van der Waals surface area contributed by atoms with Gasteiger partial charge in [0.2, 0.25) is 0 Å². The molecule has 0 bridgehead atoms. The molecule has 13 heavy (non-hydrogen) atoms. The molecule has 0 spiro atoms. The van der Waals surface area contributed by atoms with E-state index in [-0.39, 0.29) is 0 Å². The van der Waals surface area contributed by atoms with Gasteiger partial charge in [0.25, 0.3) is 0 Å². The van der Waals surface area contributed by atoms with E-state index < -0.39 is 0 Å². The molecule has 0 aliphatic rings. The normalized spacial score (nSPS) is 9.00. The largest absolute Gasteiger partial charge is 0.0683 e. The zero-order chi connectivity index (χ0) is 10.3. The van der Waals surface area contributed by atoms with Crippen LogP contribution in [-0.4, -0.2) is 0 Å². The number of benzene rings is 1. The van der Waals surface area contributed by atoms with Crippen LogP contribution >= 0.6 is 0 Å². The maximum Gasteiger partial charge on any atom is -0.0281 e. The molecule has 0 heteroatoms. The van der Waals surface area contributed by atoms with Crippen molar-refractivity contribution < 1.29 is 0 Å². The number of hydrogen-bond donors (Lipinski definition) is 0. The highest BCUT2D eigenvalue weighted by atomic mass is 14.0. The van der Waals surface area contributed by atoms with Crippen LogP contribution in [-0.2, 0) is 6.42 Å². The summed E-state index contributed by atoms with van der Waals surface area (Å²) in [6.45, 7) is 10.6. The molecule has 0 aromatic heterocycles. The standard InChI is InChI=1S/C11H16.C2H6/c1-4-5-11-7-6-9(2)10(3)8-11;1-2/h6-8H,4-5H2,1-3H3;1-2H3. The number of rotatable bonds is 2. The van der Waals surface area contributed by atoms with Crippen molar-refractivity contribution in [1.29, 1.82) is 0 Å². The van der Waals surface area contributed by atoms with Gasteiger partial charge in [0.05, 0.1) is 0 Å². The molecule has 1 aromatic carbocycles. The van der Waals surface area contributed by atoms with Gasteiger partial charge in [0.15, 0.2) is 0 Å². The van der Waals surface area contributed by atoms with Gasteiger partial charge >= 0.3 is 0 Å². The molecule has 0 nitrogen and oxygen atoms in total. The second-order valence-corrected chi connectivity index (χ2v) is 3.17. The summed E-state index contributed by atoms with van der Waals surface area (Å²) < 4.78 is 0. The van der Waals surface area contributed by atoms with E-state index in [2.05, 4.69) is 39.0 Å². The summed E-state index contributed by atoms with van der Waals surface area (Å²) >= 11 is 0. The Hall–Kier alpha value is -0.780. The lowest BCUT2D eigenvalue weighted by Gasteiger charge is -2.02. The Morgan fingerprint density at radius 1 is 1.00 bits per heavy atom. The molecule has 0 radical (unpaired) electrons. The first kappa shape index (κ1) is 12.2. The molecule has 0 N–H and O–H groups in total. The third-order valence-electron chi connectivity index (χ3n) is 2.11. The van der Waals surface area contributed by atoms with E-state index >= 15 is 0 Å². The second kappa shape index (κ2) is 6.71. The van der Waals surface area contributed by atoms with Crippen molar-refractivity contribution in [3.8, 4) is 0 Å². The molecule has 1 rings (SSSR count). The van der Waals surface area contributed by atoms with Crippen LogP contribution in [0.4, 0.5) is 0 Å². The first-order valence-electron chi connectivity index (χ1n) is 5.30. The van der Waals surface area contributed by atoms with Gasteiger partial charge in [-0.2, -0.15) is 0 Å². The monoisotopic (exact) mass is 178 g/mol. The Morgan fingerprint density at radius 2 is 1.62 bits per heavy atom. The van der Waals surface area contributed by atoms with Crippen LogP contribution in [0.25, 0.3) is 0 Å². The van der Waals surface area contributed by atoms with E-state index in [4.69, 9.17) is 0 Å². The van der Waals surface area contributed by atoms with Crippen molar-refractivity contribution in [3.63, 3.8) is 0 Å².